The third-order valence-corrected chi connectivity index (χ3v) is 2.57. The van der Waals surface area contributed by atoms with Crippen molar-refractivity contribution >= 4 is 12.1 Å². The van der Waals surface area contributed by atoms with E-state index in [1.807, 2.05) is 29.6 Å². The van der Waals surface area contributed by atoms with Gasteiger partial charge in [-0.3, -0.25) is 4.79 Å². The third-order valence-electron chi connectivity index (χ3n) is 2.57. The number of fused-ring (bicyclic) bond motifs is 1. The fourth-order valence-corrected chi connectivity index (χ4v) is 1.72. The van der Waals surface area contributed by atoms with Crippen LogP contribution in [0.15, 0.2) is 24.3 Å². The highest BCUT2D eigenvalue weighted by atomic mass is 16.4. The van der Waals surface area contributed by atoms with Crippen LogP contribution in [0.5, 0.6) is 0 Å². The van der Waals surface area contributed by atoms with E-state index in [2.05, 4.69) is 5.32 Å². The molecule has 1 amide bonds. The number of carboxylic acid groups (broad SMARTS) is 2. The number of carbonyl (C=O) groups is 2. The topological polar surface area (TPSA) is 98.7 Å². The largest absolute Gasteiger partial charge is 0.480 e. The third kappa shape index (κ3) is 3.74. The van der Waals surface area contributed by atoms with Crippen LogP contribution in [-0.2, 0) is 11.2 Å². The molecule has 2 rings (SSSR count). The van der Waals surface area contributed by atoms with E-state index in [9.17, 15) is 9.59 Å². The maximum atomic E-state index is 10.9. The van der Waals surface area contributed by atoms with E-state index in [0.717, 1.165) is 24.1 Å². The predicted molar refractivity (Wildman–Crippen MR) is 65.6 cm³/mol. The zero-order valence-corrected chi connectivity index (χ0v) is 10.0. The molecule has 1 unspecified atom stereocenters. The number of rotatable bonds is 1. The Bertz CT molecular complexity index is 434. The molecule has 6 heteroatoms. The Morgan fingerprint density at radius 3 is 2.50 bits per heavy atom. The van der Waals surface area contributed by atoms with Crippen molar-refractivity contribution in [2.24, 2.45) is 0 Å². The van der Waals surface area contributed by atoms with Crippen molar-refractivity contribution in [1.29, 1.82) is 0 Å². The lowest BCUT2D eigenvalue weighted by atomic mass is 9.95. The van der Waals surface area contributed by atoms with Gasteiger partial charge in [-0.2, -0.15) is 0 Å². The van der Waals surface area contributed by atoms with Crippen LogP contribution >= 0.6 is 0 Å². The van der Waals surface area contributed by atoms with Gasteiger partial charge in [0.2, 0.25) is 0 Å². The molecule has 0 bridgehead atoms. The Morgan fingerprint density at radius 1 is 1.33 bits per heavy atom. The van der Waals surface area contributed by atoms with Crippen LogP contribution in [-0.4, -0.2) is 35.9 Å². The van der Waals surface area contributed by atoms with Gasteiger partial charge in [0, 0.05) is 13.6 Å². The van der Waals surface area contributed by atoms with Crippen LogP contribution in [0.2, 0.25) is 0 Å². The van der Waals surface area contributed by atoms with E-state index in [4.69, 9.17) is 10.2 Å². The number of hydrogen-bond donors (Lipinski definition) is 4. The van der Waals surface area contributed by atoms with Gasteiger partial charge >= 0.3 is 12.1 Å². The normalized spacial score (nSPS) is 16.8. The molecule has 1 heterocycles. The van der Waals surface area contributed by atoms with Crippen LogP contribution in [0, 0.1) is 0 Å². The summed E-state index contributed by atoms with van der Waals surface area (Å²) in [6, 6.07) is 7.17. The highest BCUT2D eigenvalue weighted by Gasteiger charge is 2.24. The molecule has 0 spiro atoms. The molecule has 0 aliphatic carbocycles. The van der Waals surface area contributed by atoms with Crippen LogP contribution in [0.3, 0.4) is 0 Å². The zero-order valence-electron chi connectivity index (χ0n) is 10.0. The van der Waals surface area contributed by atoms with Crippen molar-refractivity contribution < 1.29 is 19.8 Å². The van der Waals surface area contributed by atoms with Crippen LogP contribution in [0.4, 0.5) is 4.79 Å². The maximum Gasteiger partial charge on any atom is 0.404 e. The molecule has 1 aromatic rings. The molecular formula is C12H16N2O4. The van der Waals surface area contributed by atoms with Gasteiger partial charge in [0.25, 0.3) is 0 Å². The molecule has 1 aromatic carbocycles. The van der Waals surface area contributed by atoms with Gasteiger partial charge < -0.3 is 20.8 Å². The second-order valence-corrected chi connectivity index (χ2v) is 3.73. The maximum absolute atomic E-state index is 10.9. The molecule has 98 valence electrons. The smallest absolute Gasteiger partial charge is 0.404 e. The lowest BCUT2D eigenvalue weighted by molar-refractivity contribution is -0.139. The van der Waals surface area contributed by atoms with E-state index in [1.165, 1.54) is 7.05 Å². The minimum atomic E-state index is -0.995. The van der Waals surface area contributed by atoms with Crippen molar-refractivity contribution in [1.82, 2.24) is 10.6 Å². The minimum Gasteiger partial charge on any atom is -0.480 e. The Labute approximate surface area is 105 Å². The quantitative estimate of drug-likeness (QED) is 0.593. The Hall–Kier alpha value is -2.08. The highest BCUT2D eigenvalue weighted by Crippen LogP contribution is 2.22. The van der Waals surface area contributed by atoms with Crippen molar-refractivity contribution in [3.8, 4) is 0 Å². The van der Waals surface area contributed by atoms with Gasteiger partial charge in [0.1, 0.15) is 6.04 Å². The van der Waals surface area contributed by atoms with Gasteiger partial charge in [-0.25, -0.2) is 4.79 Å². The van der Waals surface area contributed by atoms with E-state index < -0.39 is 18.1 Å². The number of carboxylic acids is 1. The fraction of sp³-hybridized carbons (Fsp3) is 0.333. The van der Waals surface area contributed by atoms with Crippen LogP contribution < -0.4 is 10.6 Å². The van der Waals surface area contributed by atoms with Crippen LogP contribution in [0.1, 0.15) is 17.2 Å². The van der Waals surface area contributed by atoms with Crippen LogP contribution in [0.25, 0.3) is 0 Å². The van der Waals surface area contributed by atoms with Crippen molar-refractivity contribution in [2.45, 2.75) is 12.5 Å². The lowest BCUT2D eigenvalue weighted by Gasteiger charge is -2.23. The van der Waals surface area contributed by atoms with Crippen molar-refractivity contribution in [3.05, 3.63) is 35.4 Å². The number of nitrogens with one attached hydrogen (secondary N) is 2. The monoisotopic (exact) mass is 252 g/mol. The Morgan fingerprint density at radius 2 is 1.94 bits per heavy atom. The number of benzene rings is 1. The summed E-state index contributed by atoms with van der Waals surface area (Å²) in [7, 11) is 1.35. The minimum absolute atomic E-state index is 0.523. The van der Waals surface area contributed by atoms with Gasteiger partial charge in [0.15, 0.2) is 0 Å². The average Bonchev–Trinajstić information content (AvgIpc) is 2.38. The van der Waals surface area contributed by atoms with Gasteiger partial charge in [-0.15, -0.1) is 0 Å². The van der Waals surface area contributed by atoms with E-state index in [0.29, 0.717) is 0 Å². The summed E-state index contributed by atoms with van der Waals surface area (Å²) < 4.78 is 0. The predicted octanol–water partition coefficient (Wildman–Crippen LogP) is 0.842. The summed E-state index contributed by atoms with van der Waals surface area (Å²) in [5, 5.41) is 21.5. The number of hydrogen-bond acceptors (Lipinski definition) is 3. The molecule has 0 radical (unpaired) electrons. The average molecular weight is 252 g/mol. The Balaban J connectivity index is 0.000000280. The summed E-state index contributed by atoms with van der Waals surface area (Å²) in [6.45, 7) is 0.744. The number of aliphatic carboxylic acids is 1. The molecule has 0 fully saturated rings. The van der Waals surface area contributed by atoms with Crippen molar-refractivity contribution in [3.63, 3.8) is 0 Å². The molecule has 1 aliphatic heterocycles. The summed E-state index contributed by atoms with van der Waals surface area (Å²) in [5.74, 6) is -0.799. The lowest BCUT2D eigenvalue weighted by Crippen LogP contribution is -2.34. The summed E-state index contributed by atoms with van der Waals surface area (Å²) in [6.07, 6.45) is -0.0788. The van der Waals surface area contributed by atoms with Crippen molar-refractivity contribution in [2.75, 3.05) is 13.6 Å². The van der Waals surface area contributed by atoms with E-state index in [-0.39, 0.29) is 0 Å². The summed E-state index contributed by atoms with van der Waals surface area (Å²) in [4.78, 5) is 20.1. The Kier molecular flexibility index (Phi) is 5.13. The molecule has 0 saturated carbocycles. The first-order valence-corrected chi connectivity index (χ1v) is 5.51. The molecule has 1 aliphatic rings. The molecule has 0 aromatic heterocycles. The van der Waals surface area contributed by atoms with Gasteiger partial charge in [-0.05, 0) is 17.5 Å². The van der Waals surface area contributed by atoms with E-state index >= 15 is 0 Å². The standard InChI is InChI=1S/C10H11NO2.C2H5NO2/c12-10(13)9-8-4-2-1-3-7(8)5-6-11-9;1-3-2(4)5/h1-4,9,11H,5-6H2,(H,12,13);3H,1H3,(H,4,5). The SMILES string of the molecule is CNC(=O)O.O=C(O)C1NCCc2ccccc21. The second-order valence-electron chi connectivity index (χ2n) is 3.73. The molecule has 18 heavy (non-hydrogen) atoms. The second kappa shape index (κ2) is 6.61. The van der Waals surface area contributed by atoms with E-state index in [1.54, 1.807) is 0 Å². The molecule has 4 N–H and O–H groups in total. The summed E-state index contributed by atoms with van der Waals surface area (Å²) >= 11 is 0. The number of amides is 1. The molecule has 6 nitrogen and oxygen atoms in total. The zero-order chi connectivity index (χ0) is 13.5. The fourth-order valence-electron chi connectivity index (χ4n) is 1.72. The molecular weight excluding hydrogens is 236 g/mol. The first kappa shape index (κ1) is 14.0. The van der Waals surface area contributed by atoms with Gasteiger partial charge in [0.05, 0.1) is 0 Å². The first-order chi connectivity index (χ1) is 8.56. The van der Waals surface area contributed by atoms with Gasteiger partial charge in [-0.1, -0.05) is 24.3 Å². The molecule has 0 saturated heterocycles. The first-order valence-electron chi connectivity index (χ1n) is 5.51. The highest BCUT2D eigenvalue weighted by molar-refractivity contribution is 5.76. The summed E-state index contributed by atoms with van der Waals surface area (Å²) in [5.41, 5.74) is 2.05. The molecule has 1 atom stereocenters.